The zero-order valence-electron chi connectivity index (χ0n) is 10.2. The predicted octanol–water partition coefficient (Wildman–Crippen LogP) is 1.70. The van der Waals surface area contributed by atoms with Gasteiger partial charge in [-0.15, -0.1) is 0 Å². The van der Waals surface area contributed by atoms with E-state index >= 15 is 0 Å². The van der Waals surface area contributed by atoms with Gasteiger partial charge in [0.15, 0.2) is 9.84 Å². The van der Waals surface area contributed by atoms with Crippen LogP contribution in [0.2, 0.25) is 0 Å². The highest BCUT2D eigenvalue weighted by Crippen LogP contribution is 2.36. The van der Waals surface area contributed by atoms with E-state index in [0.717, 1.165) is 12.1 Å². The third-order valence-corrected chi connectivity index (χ3v) is 3.79. The van der Waals surface area contributed by atoms with E-state index < -0.39 is 38.3 Å². The second kappa shape index (κ2) is 4.84. The SMILES string of the molecule is CC(C(N)=O)c1ccc(S(C)(=O)=O)c(C(F)(F)F)c1. The molecule has 0 saturated heterocycles. The molecule has 0 aromatic heterocycles. The topological polar surface area (TPSA) is 77.2 Å². The maximum Gasteiger partial charge on any atom is 0.417 e. The number of amides is 1. The average molecular weight is 295 g/mol. The van der Waals surface area contributed by atoms with Gasteiger partial charge >= 0.3 is 6.18 Å². The molecule has 0 saturated carbocycles. The van der Waals surface area contributed by atoms with Gasteiger partial charge in [0.1, 0.15) is 0 Å². The van der Waals surface area contributed by atoms with Gasteiger partial charge in [-0.2, -0.15) is 13.2 Å². The van der Waals surface area contributed by atoms with Crippen molar-refractivity contribution in [3.63, 3.8) is 0 Å². The van der Waals surface area contributed by atoms with Crippen molar-refractivity contribution in [3.8, 4) is 0 Å². The molecule has 0 bridgehead atoms. The van der Waals surface area contributed by atoms with Crippen LogP contribution in [-0.4, -0.2) is 20.6 Å². The summed E-state index contributed by atoms with van der Waals surface area (Å²) in [5.41, 5.74) is 3.74. The number of carbonyl (C=O) groups is 1. The van der Waals surface area contributed by atoms with Crippen molar-refractivity contribution in [1.29, 1.82) is 0 Å². The molecule has 1 aromatic carbocycles. The number of rotatable bonds is 3. The van der Waals surface area contributed by atoms with E-state index in [1.807, 2.05) is 0 Å². The average Bonchev–Trinajstić information content (AvgIpc) is 2.24. The number of nitrogens with two attached hydrogens (primary N) is 1. The Balaban J connectivity index is 3.54. The molecule has 1 amide bonds. The number of benzene rings is 1. The minimum absolute atomic E-state index is 0.0206. The molecule has 4 nitrogen and oxygen atoms in total. The third-order valence-electron chi connectivity index (χ3n) is 2.64. The summed E-state index contributed by atoms with van der Waals surface area (Å²) in [6.07, 6.45) is -4.14. The Morgan fingerprint density at radius 1 is 1.32 bits per heavy atom. The zero-order chi connectivity index (χ0) is 15.0. The van der Waals surface area contributed by atoms with Crippen LogP contribution in [0.15, 0.2) is 23.1 Å². The summed E-state index contributed by atoms with van der Waals surface area (Å²) < 4.78 is 61.2. The lowest BCUT2D eigenvalue weighted by atomic mass is 9.98. The molecule has 1 unspecified atom stereocenters. The Morgan fingerprint density at radius 2 is 1.84 bits per heavy atom. The standard InChI is InChI=1S/C11H12F3NO3S/c1-6(10(15)16)7-3-4-9(19(2,17)18)8(5-7)11(12,13)14/h3-6H,1-2H3,(H2,15,16). The molecule has 0 aliphatic heterocycles. The highest BCUT2D eigenvalue weighted by Gasteiger charge is 2.36. The second-order valence-corrected chi connectivity index (χ2v) is 6.13. The lowest BCUT2D eigenvalue weighted by Crippen LogP contribution is -2.20. The van der Waals surface area contributed by atoms with Crippen LogP contribution in [0.5, 0.6) is 0 Å². The summed E-state index contributed by atoms with van der Waals surface area (Å²) in [5.74, 6) is -1.73. The van der Waals surface area contributed by atoms with Crippen molar-refractivity contribution in [2.45, 2.75) is 23.9 Å². The van der Waals surface area contributed by atoms with E-state index in [2.05, 4.69) is 0 Å². The maximum absolute atomic E-state index is 12.8. The summed E-state index contributed by atoms with van der Waals surface area (Å²) in [7, 11) is -4.02. The summed E-state index contributed by atoms with van der Waals surface area (Å²) in [5, 5.41) is 0. The van der Waals surface area contributed by atoms with Gasteiger partial charge in [-0.3, -0.25) is 4.79 Å². The van der Waals surface area contributed by atoms with Crippen molar-refractivity contribution in [2.75, 3.05) is 6.26 Å². The van der Waals surface area contributed by atoms with Gasteiger partial charge in [0.2, 0.25) is 5.91 Å². The van der Waals surface area contributed by atoms with Crippen molar-refractivity contribution < 1.29 is 26.4 Å². The van der Waals surface area contributed by atoms with Crippen molar-refractivity contribution in [3.05, 3.63) is 29.3 Å². The molecule has 0 aliphatic rings. The van der Waals surface area contributed by atoms with E-state index in [-0.39, 0.29) is 5.56 Å². The van der Waals surface area contributed by atoms with E-state index in [0.29, 0.717) is 12.3 Å². The summed E-state index contributed by atoms with van der Waals surface area (Å²) >= 11 is 0. The number of carbonyl (C=O) groups excluding carboxylic acids is 1. The van der Waals surface area contributed by atoms with Crippen LogP contribution in [0.4, 0.5) is 13.2 Å². The molecule has 106 valence electrons. The molecule has 0 spiro atoms. The molecule has 1 aromatic rings. The molecule has 2 N–H and O–H groups in total. The molecule has 0 fully saturated rings. The first kappa shape index (κ1) is 15.5. The maximum atomic E-state index is 12.8. The number of alkyl halides is 3. The fourth-order valence-corrected chi connectivity index (χ4v) is 2.42. The number of primary amides is 1. The predicted molar refractivity (Wildman–Crippen MR) is 62.2 cm³/mol. The Kier molecular flexibility index (Phi) is 3.94. The molecular formula is C11H12F3NO3S. The molecule has 19 heavy (non-hydrogen) atoms. The first-order chi connectivity index (χ1) is 8.44. The van der Waals surface area contributed by atoms with Crippen LogP contribution < -0.4 is 5.73 Å². The van der Waals surface area contributed by atoms with Crippen LogP contribution in [0.1, 0.15) is 24.0 Å². The minimum Gasteiger partial charge on any atom is -0.369 e. The van der Waals surface area contributed by atoms with Gasteiger partial charge < -0.3 is 5.73 Å². The lowest BCUT2D eigenvalue weighted by Gasteiger charge is -2.15. The lowest BCUT2D eigenvalue weighted by molar-refractivity contribution is -0.140. The minimum atomic E-state index is -4.83. The van der Waals surface area contributed by atoms with Gasteiger partial charge in [-0.25, -0.2) is 8.42 Å². The summed E-state index contributed by atoms with van der Waals surface area (Å²) in [4.78, 5) is 10.1. The van der Waals surface area contributed by atoms with Crippen LogP contribution >= 0.6 is 0 Å². The first-order valence-corrected chi connectivity index (χ1v) is 7.04. The monoisotopic (exact) mass is 295 g/mol. The van der Waals surface area contributed by atoms with Gasteiger partial charge in [-0.05, 0) is 24.6 Å². The van der Waals surface area contributed by atoms with E-state index in [1.54, 1.807) is 0 Å². The van der Waals surface area contributed by atoms with Crippen LogP contribution in [0, 0.1) is 0 Å². The Bertz CT molecular complexity index is 608. The summed E-state index contributed by atoms with van der Waals surface area (Å²) in [6, 6.07) is 2.64. The second-order valence-electron chi connectivity index (χ2n) is 4.15. The van der Waals surface area contributed by atoms with Gasteiger partial charge in [0, 0.05) is 6.26 Å². The highest BCUT2D eigenvalue weighted by atomic mass is 32.2. The molecule has 0 radical (unpaired) electrons. The first-order valence-electron chi connectivity index (χ1n) is 5.15. The fourth-order valence-electron chi connectivity index (χ4n) is 1.53. The van der Waals surface area contributed by atoms with E-state index in [1.165, 1.54) is 6.92 Å². The molecule has 0 heterocycles. The van der Waals surface area contributed by atoms with Crippen LogP contribution in [0.3, 0.4) is 0 Å². The molecular weight excluding hydrogens is 283 g/mol. The zero-order valence-corrected chi connectivity index (χ0v) is 11.0. The van der Waals surface area contributed by atoms with Gasteiger partial charge in [-0.1, -0.05) is 6.07 Å². The van der Waals surface area contributed by atoms with E-state index in [4.69, 9.17) is 5.73 Å². The fraction of sp³-hybridized carbons (Fsp3) is 0.364. The van der Waals surface area contributed by atoms with E-state index in [9.17, 15) is 26.4 Å². The normalized spacial score (nSPS) is 14.2. The molecule has 1 atom stereocenters. The van der Waals surface area contributed by atoms with Gasteiger partial charge in [0.05, 0.1) is 16.4 Å². The van der Waals surface area contributed by atoms with Crippen LogP contribution in [-0.2, 0) is 20.8 Å². The Morgan fingerprint density at radius 3 is 2.21 bits per heavy atom. The summed E-state index contributed by atoms with van der Waals surface area (Å²) in [6.45, 7) is 1.35. The number of hydrogen-bond acceptors (Lipinski definition) is 3. The smallest absolute Gasteiger partial charge is 0.369 e. The van der Waals surface area contributed by atoms with Crippen molar-refractivity contribution in [2.24, 2.45) is 5.73 Å². The molecule has 0 aliphatic carbocycles. The van der Waals surface area contributed by atoms with Crippen molar-refractivity contribution in [1.82, 2.24) is 0 Å². The van der Waals surface area contributed by atoms with Crippen molar-refractivity contribution >= 4 is 15.7 Å². The largest absolute Gasteiger partial charge is 0.417 e. The number of halogens is 3. The number of sulfone groups is 1. The number of hydrogen-bond donors (Lipinski definition) is 1. The quantitative estimate of drug-likeness (QED) is 0.922. The van der Waals surface area contributed by atoms with Gasteiger partial charge in [0.25, 0.3) is 0 Å². The van der Waals surface area contributed by atoms with Crippen LogP contribution in [0.25, 0.3) is 0 Å². The Labute approximate surface area is 108 Å². The highest BCUT2D eigenvalue weighted by molar-refractivity contribution is 7.90. The molecule has 8 heteroatoms. The molecule has 1 rings (SSSR count). The third kappa shape index (κ3) is 3.46. The Hall–Kier alpha value is -1.57.